The summed E-state index contributed by atoms with van der Waals surface area (Å²) in [5, 5.41) is 2.46. The van der Waals surface area contributed by atoms with Crippen LogP contribution < -0.4 is 4.90 Å². The van der Waals surface area contributed by atoms with Gasteiger partial charge in [0.05, 0.1) is 16.8 Å². The fourth-order valence-electron chi connectivity index (χ4n) is 9.22. The first-order valence-corrected chi connectivity index (χ1v) is 16.8. The van der Waals surface area contributed by atoms with Gasteiger partial charge in [0.15, 0.2) is 0 Å². The quantitative estimate of drug-likeness (QED) is 0.192. The van der Waals surface area contributed by atoms with Crippen molar-refractivity contribution in [3.63, 3.8) is 0 Å². The van der Waals surface area contributed by atoms with Crippen molar-refractivity contribution in [2.24, 2.45) is 0 Å². The molecule has 8 aromatic carbocycles. The summed E-state index contributed by atoms with van der Waals surface area (Å²) in [6.45, 7) is 0. The van der Waals surface area contributed by atoms with Crippen molar-refractivity contribution in [3.8, 4) is 44.5 Å². The van der Waals surface area contributed by atoms with Crippen LogP contribution in [-0.2, 0) is 5.41 Å². The van der Waals surface area contributed by atoms with Crippen molar-refractivity contribution in [2.75, 3.05) is 4.90 Å². The molecule has 0 fully saturated rings. The van der Waals surface area contributed by atoms with E-state index in [9.17, 15) is 0 Å². The van der Waals surface area contributed by atoms with Gasteiger partial charge in [-0.25, -0.2) is 0 Å². The summed E-state index contributed by atoms with van der Waals surface area (Å²) in [5.74, 6) is 0. The van der Waals surface area contributed by atoms with Gasteiger partial charge < -0.3 is 4.90 Å². The molecule has 0 aliphatic heterocycles. The molecule has 0 heterocycles. The summed E-state index contributed by atoms with van der Waals surface area (Å²) in [6, 6.07) is 65.2. The number of nitrogens with zero attached hydrogens (tertiary/aromatic N) is 1. The minimum atomic E-state index is -0.330. The number of hydrogen-bond donors (Lipinski definition) is 0. The van der Waals surface area contributed by atoms with Crippen LogP contribution in [0.25, 0.3) is 55.3 Å². The average molecular weight is 608 g/mol. The number of para-hydroxylation sites is 1. The fraction of sp³-hybridized carbons (Fsp3) is 0.0213. The summed E-state index contributed by atoms with van der Waals surface area (Å²) in [7, 11) is 0. The molecule has 0 radical (unpaired) electrons. The molecule has 0 bridgehead atoms. The molecule has 1 spiro atoms. The zero-order valence-electron chi connectivity index (χ0n) is 26.2. The van der Waals surface area contributed by atoms with Crippen molar-refractivity contribution in [1.29, 1.82) is 0 Å². The summed E-state index contributed by atoms with van der Waals surface area (Å²) < 4.78 is 0. The smallest absolute Gasteiger partial charge is 0.0738 e. The first-order valence-electron chi connectivity index (χ1n) is 16.8. The van der Waals surface area contributed by atoms with Gasteiger partial charge in [-0.3, -0.25) is 0 Å². The third-order valence-corrected chi connectivity index (χ3v) is 11.0. The Balaban J connectivity index is 1.24. The highest BCUT2D eigenvalue weighted by Crippen LogP contribution is 2.70. The zero-order valence-corrected chi connectivity index (χ0v) is 26.2. The van der Waals surface area contributed by atoms with Crippen molar-refractivity contribution >= 4 is 27.8 Å². The van der Waals surface area contributed by atoms with E-state index in [1.54, 1.807) is 0 Å². The molecule has 8 aromatic rings. The van der Waals surface area contributed by atoms with Crippen LogP contribution in [0, 0.1) is 0 Å². The number of benzene rings is 8. The molecule has 0 N–H and O–H groups in total. The highest BCUT2D eigenvalue weighted by atomic mass is 15.1. The zero-order chi connectivity index (χ0) is 31.4. The normalized spacial score (nSPS) is 15.6. The Bertz CT molecular complexity index is 2590. The maximum absolute atomic E-state index is 2.51. The van der Waals surface area contributed by atoms with Crippen LogP contribution in [0.4, 0.5) is 17.1 Å². The molecule has 3 aliphatic rings. The maximum atomic E-state index is 2.51. The van der Waals surface area contributed by atoms with Gasteiger partial charge in [-0.05, 0) is 90.8 Å². The van der Waals surface area contributed by atoms with Gasteiger partial charge in [0, 0.05) is 16.6 Å². The molecule has 1 atom stereocenters. The molecule has 0 saturated carbocycles. The highest BCUT2D eigenvalue weighted by Gasteiger charge is 2.57. The van der Waals surface area contributed by atoms with Gasteiger partial charge in [-0.1, -0.05) is 152 Å². The third-order valence-electron chi connectivity index (χ3n) is 11.0. The van der Waals surface area contributed by atoms with E-state index in [1.165, 1.54) is 83.2 Å². The van der Waals surface area contributed by atoms with Gasteiger partial charge in [0.25, 0.3) is 0 Å². The largest absolute Gasteiger partial charge is 0.309 e. The Morgan fingerprint density at radius 1 is 0.354 bits per heavy atom. The van der Waals surface area contributed by atoms with Crippen LogP contribution >= 0.6 is 0 Å². The SMILES string of the molecule is c1ccc(-c2ccccc2N(c2ccc3c(c2)C24c5ccccc5-c5cccc(c52)-c2cccc-3c24)c2cccc3ccccc23)cc1. The lowest BCUT2D eigenvalue weighted by Gasteiger charge is -2.32. The van der Waals surface area contributed by atoms with E-state index in [2.05, 4.69) is 181 Å². The summed E-state index contributed by atoms with van der Waals surface area (Å²) in [5.41, 5.74) is 19.4. The topological polar surface area (TPSA) is 3.24 Å². The van der Waals surface area contributed by atoms with Crippen LogP contribution in [0.3, 0.4) is 0 Å². The predicted molar refractivity (Wildman–Crippen MR) is 199 cm³/mol. The Labute approximate surface area is 280 Å². The first kappa shape index (κ1) is 25.9. The summed E-state index contributed by atoms with van der Waals surface area (Å²) in [4.78, 5) is 2.49. The van der Waals surface area contributed by atoms with E-state index in [0.29, 0.717) is 0 Å². The molecule has 0 saturated heterocycles. The third kappa shape index (κ3) is 3.16. The molecule has 1 unspecified atom stereocenters. The van der Waals surface area contributed by atoms with Crippen molar-refractivity contribution < 1.29 is 0 Å². The molecular formula is C47H29N. The minimum Gasteiger partial charge on any atom is -0.309 e. The van der Waals surface area contributed by atoms with Gasteiger partial charge in [-0.2, -0.15) is 0 Å². The van der Waals surface area contributed by atoms with Gasteiger partial charge >= 0.3 is 0 Å². The van der Waals surface area contributed by atoms with E-state index in [1.807, 2.05) is 0 Å². The minimum absolute atomic E-state index is 0.330. The number of fused-ring (bicyclic) bond motifs is 6. The Hall–Kier alpha value is -6.18. The lowest BCUT2D eigenvalue weighted by molar-refractivity contribution is 0.818. The molecular weight excluding hydrogens is 579 g/mol. The predicted octanol–water partition coefficient (Wildman–Crippen LogP) is 12.3. The van der Waals surface area contributed by atoms with Crippen LogP contribution in [-0.4, -0.2) is 0 Å². The Kier molecular flexibility index (Phi) is 5.10. The Morgan fingerprint density at radius 2 is 0.896 bits per heavy atom. The van der Waals surface area contributed by atoms with E-state index < -0.39 is 0 Å². The highest BCUT2D eigenvalue weighted by molar-refractivity contribution is 6.07. The second-order valence-electron chi connectivity index (χ2n) is 13.2. The van der Waals surface area contributed by atoms with Gasteiger partial charge in [0.2, 0.25) is 0 Å². The number of hydrogen-bond acceptors (Lipinski definition) is 1. The average Bonchev–Trinajstić information content (AvgIpc) is 3.75. The molecule has 11 rings (SSSR count). The monoisotopic (exact) mass is 607 g/mol. The van der Waals surface area contributed by atoms with Crippen LogP contribution in [0.15, 0.2) is 176 Å². The molecule has 0 amide bonds. The van der Waals surface area contributed by atoms with Crippen LogP contribution in [0.1, 0.15) is 22.3 Å². The summed E-state index contributed by atoms with van der Waals surface area (Å²) in [6.07, 6.45) is 0. The van der Waals surface area contributed by atoms with E-state index in [4.69, 9.17) is 0 Å². The fourth-order valence-corrected chi connectivity index (χ4v) is 9.22. The maximum Gasteiger partial charge on any atom is 0.0738 e. The molecule has 0 aromatic heterocycles. The molecule has 48 heavy (non-hydrogen) atoms. The molecule has 222 valence electrons. The van der Waals surface area contributed by atoms with E-state index >= 15 is 0 Å². The van der Waals surface area contributed by atoms with Crippen LogP contribution in [0.2, 0.25) is 0 Å². The van der Waals surface area contributed by atoms with E-state index in [-0.39, 0.29) is 5.41 Å². The first-order chi connectivity index (χ1) is 23.8. The van der Waals surface area contributed by atoms with Crippen LogP contribution in [0.5, 0.6) is 0 Å². The van der Waals surface area contributed by atoms with Crippen molar-refractivity contribution in [2.45, 2.75) is 5.41 Å². The second-order valence-corrected chi connectivity index (χ2v) is 13.2. The molecule has 3 aliphatic carbocycles. The number of rotatable bonds is 4. The Morgan fingerprint density at radius 3 is 1.69 bits per heavy atom. The molecule has 1 heteroatoms. The summed E-state index contributed by atoms with van der Waals surface area (Å²) >= 11 is 0. The van der Waals surface area contributed by atoms with Gasteiger partial charge in [0.1, 0.15) is 0 Å². The van der Waals surface area contributed by atoms with Gasteiger partial charge in [-0.15, -0.1) is 0 Å². The van der Waals surface area contributed by atoms with E-state index in [0.717, 1.165) is 11.4 Å². The molecule has 1 nitrogen and oxygen atoms in total. The lowest BCUT2D eigenvalue weighted by Crippen LogP contribution is -2.23. The standard InChI is InChI=1S/C47H29N/c1-2-13-30(14-3-1)33-18-7-9-25-43(33)48(44-26-10-16-31-15-4-5-17-34(31)44)32-27-28-36-38-21-12-23-40-39-22-11-20-37-35-19-6-8-24-41(35)47(45(37)39,46(38)40)42(36)29-32/h1-29H. The number of anilines is 3. The van der Waals surface area contributed by atoms with Crippen molar-refractivity contribution in [3.05, 3.63) is 198 Å². The second kappa shape index (κ2) is 9.44. The lowest BCUT2D eigenvalue weighted by atomic mass is 9.73. The van der Waals surface area contributed by atoms with Crippen molar-refractivity contribution in [1.82, 2.24) is 0 Å².